The maximum Gasteiger partial charge on any atom is 0.145 e. The van der Waals surface area contributed by atoms with E-state index in [-0.39, 0.29) is 0 Å². The summed E-state index contributed by atoms with van der Waals surface area (Å²) in [7, 11) is 0. The van der Waals surface area contributed by atoms with Gasteiger partial charge in [-0.2, -0.15) is 0 Å². The predicted molar refractivity (Wildman–Crippen MR) is 195 cm³/mol. The van der Waals surface area contributed by atoms with Crippen LogP contribution in [0.3, 0.4) is 0 Å². The van der Waals surface area contributed by atoms with E-state index in [4.69, 9.17) is 9.97 Å². The first-order valence-electron chi connectivity index (χ1n) is 16.3. The monoisotopic (exact) mass is 613 g/mol. The van der Waals surface area contributed by atoms with Crippen LogP contribution in [0.25, 0.3) is 50.7 Å². The number of rotatable bonds is 6. The smallest absolute Gasteiger partial charge is 0.145 e. The van der Waals surface area contributed by atoms with Crippen molar-refractivity contribution in [2.75, 3.05) is 0 Å². The number of hydrogen-bond donors (Lipinski definition) is 0. The predicted octanol–water partition coefficient (Wildman–Crippen LogP) is 10.6. The number of hydrogen-bond acceptors (Lipinski definition) is 2. The average Bonchev–Trinajstić information content (AvgIpc) is 3.78. The first-order valence-corrected chi connectivity index (χ1v) is 16.3. The van der Waals surface area contributed by atoms with E-state index in [0.717, 1.165) is 39.6 Å². The second-order valence-electron chi connectivity index (χ2n) is 12.2. The number of benzene rings is 6. The van der Waals surface area contributed by atoms with E-state index in [9.17, 15) is 0 Å². The third-order valence-corrected chi connectivity index (χ3v) is 9.59. The zero-order valence-electron chi connectivity index (χ0n) is 26.2. The van der Waals surface area contributed by atoms with Crippen LogP contribution in [0.4, 0.5) is 0 Å². The third-order valence-electron chi connectivity index (χ3n) is 9.59. The van der Waals surface area contributed by atoms with Crippen molar-refractivity contribution in [3.05, 3.63) is 211 Å². The van der Waals surface area contributed by atoms with Gasteiger partial charge >= 0.3 is 0 Å². The van der Waals surface area contributed by atoms with Crippen LogP contribution in [0.5, 0.6) is 0 Å². The fourth-order valence-corrected chi connectivity index (χ4v) is 7.48. The lowest BCUT2D eigenvalue weighted by Gasteiger charge is -2.34. The molecule has 6 aromatic carbocycles. The molecule has 226 valence electrons. The number of pyridine rings is 1. The summed E-state index contributed by atoms with van der Waals surface area (Å²) in [5.74, 6) is 1.67. The van der Waals surface area contributed by atoms with Crippen molar-refractivity contribution < 1.29 is 0 Å². The lowest BCUT2D eigenvalue weighted by Crippen LogP contribution is -2.28. The summed E-state index contributed by atoms with van der Waals surface area (Å²) in [6.07, 6.45) is 3.89. The maximum atomic E-state index is 5.21. The molecule has 9 rings (SSSR count). The SMILES string of the molecule is c1ccc(-c2cc(-c3ccccc3)nc(-n3ccnc3-c3ccc4c(c3)C(c3ccccc3)(c3ccccc3)c3ccccc3-4)c2)cc1. The van der Waals surface area contributed by atoms with E-state index in [1.807, 2.05) is 18.5 Å². The van der Waals surface area contributed by atoms with Gasteiger partial charge in [-0.25, -0.2) is 9.97 Å². The fourth-order valence-electron chi connectivity index (χ4n) is 7.48. The van der Waals surface area contributed by atoms with Crippen molar-refractivity contribution in [1.29, 1.82) is 0 Å². The van der Waals surface area contributed by atoms with Gasteiger partial charge in [0.2, 0.25) is 0 Å². The Morgan fingerprint density at radius 3 is 1.71 bits per heavy atom. The van der Waals surface area contributed by atoms with Crippen LogP contribution in [0.2, 0.25) is 0 Å². The molecule has 0 bridgehead atoms. The third kappa shape index (κ3) is 4.44. The molecule has 0 unspecified atom stereocenters. The summed E-state index contributed by atoms with van der Waals surface area (Å²) in [5, 5.41) is 0. The van der Waals surface area contributed by atoms with Gasteiger partial charge in [-0.1, -0.05) is 158 Å². The molecule has 0 N–H and O–H groups in total. The molecule has 1 aliphatic rings. The lowest BCUT2D eigenvalue weighted by molar-refractivity contribution is 0.768. The summed E-state index contributed by atoms with van der Waals surface area (Å²) in [6, 6.07) is 62.7. The number of fused-ring (bicyclic) bond motifs is 3. The molecule has 1 aliphatic carbocycles. The fraction of sp³-hybridized carbons (Fsp3) is 0.0222. The summed E-state index contributed by atoms with van der Waals surface area (Å²) >= 11 is 0. The molecule has 8 aromatic rings. The quantitative estimate of drug-likeness (QED) is 0.187. The molecule has 0 saturated heterocycles. The van der Waals surface area contributed by atoms with Gasteiger partial charge in [0.25, 0.3) is 0 Å². The Kier molecular flexibility index (Phi) is 6.69. The first kappa shape index (κ1) is 27.9. The molecule has 2 heterocycles. The van der Waals surface area contributed by atoms with Crippen molar-refractivity contribution in [2.45, 2.75) is 5.41 Å². The molecule has 48 heavy (non-hydrogen) atoms. The normalized spacial score (nSPS) is 12.8. The minimum atomic E-state index is -0.478. The lowest BCUT2D eigenvalue weighted by atomic mass is 9.67. The zero-order valence-corrected chi connectivity index (χ0v) is 26.2. The van der Waals surface area contributed by atoms with Crippen molar-refractivity contribution in [1.82, 2.24) is 14.5 Å². The van der Waals surface area contributed by atoms with E-state index < -0.39 is 5.41 Å². The summed E-state index contributed by atoms with van der Waals surface area (Å²) < 4.78 is 2.12. The molecule has 0 amide bonds. The molecule has 0 radical (unpaired) electrons. The van der Waals surface area contributed by atoms with Crippen molar-refractivity contribution in [3.8, 4) is 50.7 Å². The van der Waals surface area contributed by atoms with Gasteiger partial charge in [0, 0.05) is 23.5 Å². The largest absolute Gasteiger partial charge is 0.284 e. The van der Waals surface area contributed by atoms with Crippen LogP contribution < -0.4 is 0 Å². The van der Waals surface area contributed by atoms with Crippen molar-refractivity contribution in [2.24, 2.45) is 0 Å². The number of nitrogens with zero attached hydrogens (tertiary/aromatic N) is 3. The molecular weight excluding hydrogens is 583 g/mol. The Morgan fingerprint density at radius 2 is 1.02 bits per heavy atom. The van der Waals surface area contributed by atoms with Gasteiger partial charge in [0.15, 0.2) is 0 Å². The Bertz CT molecular complexity index is 2280. The van der Waals surface area contributed by atoms with Gasteiger partial charge in [0.1, 0.15) is 11.6 Å². The van der Waals surface area contributed by atoms with Crippen LogP contribution in [0, 0.1) is 0 Å². The molecule has 3 heteroatoms. The topological polar surface area (TPSA) is 30.7 Å². The molecule has 0 fully saturated rings. The Morgan fingerprint density at radius 1 is 0.438 bits per heavy atom. The van der Waals surface area contributed by atoms with Gasteiger partial charge in [-0.15, -0.1) is 0 Å². The Labute approximate surface area is 280 Å². The number of aromatic nitrogens is 3. The first-order chi connectivity index (χ1) is 23.8. The van der Waals surface area contributed by atoms with Crippen LogP contribution in [-0.2, 0) is 5.41 Å². The second kappa shape index (κ2) is 11.5. The van der Waals surface area contributed by atoms with E-state index in [1.54, 1.807) is 0 Å². The summed E-state index contributed by atoms with van der Waals surface area (Å²) in [6.45, 7) is 0. The molecule has 3 nitrogen and oxygen atoms in total. The molecule has 0 aliphatic heterocycles. The molecular formula is C45H31N3. The van der Waals surface area contributed by atoms with Crippen LogP contribution in [0.1, 0.15) is 22.3 Å². The standard InChI is InChI=1S/C45H31N3/c1-5-15-32(16-6-1)35-30-42(33-17-7-2-8-18-33)47-43(31-35)48-28-27-46-44(48)34-25-26-39-38-23-13-14-24-40(38)45(41(39)29-34,36-19-9-3-10-20-36)37-21-11-4-12-22-37/h1-31H. The summed E-state index contributed by atoms with van der Waals surface area (Å²) in [5.41, 5.74) is 12.3. The zero-order chi connectivity index (χ0) is 31.9. The summed E-state index contributed by atoms with van der Waals surface area (Å²) in [4.78, 5) is 10.2. The minimum absolute atomic E-state index is 0.478. The highest BCUT2D eigenvalue weighted by Gasteiger charge is 2.46. The van der Waals surface area contributed by atoms with E-state index in [0.29, 0.717) is 0 Å². The highest BCUT2D eigenvalue weighted by Crippen LogP contribution is 2.56. The average molecular weight is 614 g/mol. The van der Waals surface area contributed by atoms with Crippen LogP contribution in [-0.4, -0.2) is 14.5 Å². The Balaban J connectivity index is 1.26. The van der Waals surface area contributed by atoms with Crippen molar-refractivity contribution >= 4 is 0 Å². The highest BCUT2D eigenvalue weighted by atomic mass is 15.1. The van der Waals surface area contributed by atoms with Gasteiger partial charge in [-0.3, -0.25) is 4.57 Å². The van der Waals surface area contributed by atoms with E-state index in [2.05, 4.69) is 174 Å². The second-order valence-corrected chi connectivity index (χ2v) is 12.2. The maximum absolute atomic E-state index is 5.21. The Hall–Kier alpha value is -6.32. The highest BCUT2D eigenvalue weighted by molar-refractivity contribution is 5.88. The molecule has 2 aromatic heterocycles. The van der Waals surface area contributed by atoms with E-state index in [1.165, 1.54) is 33.4 Å². The molecule has 0 saturated carbocycles. The number of imidazole rings is 1. The molecule has 0 spiro atoms. The van der Waals surface area contributed by atoms with Crippen molar-refractivity contribution in [3.63, 3.8) is 0 Å². The van der Waals surface area contributed by atoms with Gasteiger partial charge in [-0.05, 0) is 62.7 Å². The molecule has 0 atom stereocenters. The van der Waals surface area contributed by atoms with Gasteiger partial charge < -0.3 is 0 Å². The van der Waals surface area contributed by atoms with Gasteiger partial charge in [0.05, 0.1) is 11.1 Å². The van der Waals surface area contributed by atoms with Crippen LogP contribution >= 0.6 is 0 Å². The minimum Gasteiger partial charge on any atom is -0.284 e. The van der Waals surface area contributed by atoms with E-state index >= 15 is 0 Å². The van der Waals surface area contributed by atoms with Crippen LogP contribution in [0.15, 0.2) is 188 Å².